The summed E-state index contributed by atoms with van der Waals surface area (Å²) in [4.78, 5) is 0. The van der Waals surface area contributed by atoms with Gasteiger partial charge in [-0.05, 0) is 25.7 Å². The summed E-state index contributed by atoms with van der Waals surface area (Å²) in [6.45, 7) is 4.57. The molecule has 0 aliphatic carbocycles. The Balaban J connectivity index is 1.98. The lowest BCUT2D eigenvalue weighted by Gasteiger charge is -2.13. The molecule has 2 unspecified atom stereocenters. The predicted octanol–water partition coefficient (Wildman–Crippen LogP) is 3.88. The zero-order chi connectivity index (χ0) is 10.2. The third kappa shape index (κ3) is 4.45. The highest BCUT2D eigenvalue weighted by Gasteiger charge is 2.21. The first-order chi connectivity index (χ1) is 6.86. The molecule has 2 atom stereocenters. The fourth-order valence-electron chi connectivity index (χ4n) is 2.52. The molecule has 1 saturated heterocycles. The minimum Gasteiger partial charge on any atom is -0.311 e. The molecule has 1 nitrogen and oxygen atoms in total. The van der Waals surface area contributed by atoms with Crippen molar-refractivity contribution in [2.75, 3.05) is 0 Å². The Hall–Kier alpha value is -0.0400. The van der Waals surface area contributed by atoms with Crippen LogP contribution in [-0.2, 0) is 0 Å². The predicted molar refractivity (Wildman–Crippen MR) is 63.6 cm³/mol. The average molecular weight is 197 g/mol. The molecule has 1 aliphatic rings. The molecule has 1 heteroatoms. The second-order valence-electron chi connectivity index (χ2n) is 4.78. The zero-order valence-corrected chi connectivity index (χ0v) is 10.0. The van der Waals surface area contributed by atoms with Crippen molar-refractivity contribution in [1.29, 1.82) is 0 Å². The molecule has 0 aromatic rings. The van der Waals surface area contributed by atoms with E-state index in [1.807, 2.05) is 0 Å². The van der Waals surface area contributed by atoms with Crippen LogP contribution in [0, 0.1) is 0 Å². The van der Waals surface area contributed by atoms with Crippen LogP contribution < -0.4 is 5.32 Å². The molecule has 14 heavy (non-hydrogen) atoms. The lowest BCUT2D eigenvalue weighted by molar-refractivity contribution is 0.468. The molecule has 84 valence electrons. The summed E-state index contributed by atoms with van der Waals surface area (Å²) < 4.78 is 0. The number of unbranched alkanes of at least 4 members (excludes halogenated alkanes) is 3. The van der Waals surface area contributed by atoms with Crippen molar-refractivity contribution in [3.05, 3.63) is 0 Å². The summed E-state index contributed by atoms with van der Waals surface area (Å²) in [5.74, 6) is 0. The van der Waals surface area contributed by atoms with E-state index in [1.165, 1.54) is 57.8 Å². The summed E-state index contributed by atoms with van der Waals surface area (Å²) in [6, 6.07) is 1.69. The van der Waals surface area contributed by atoms with E-state index in [0.717, 1.165) is 12.1 Å². The molecule has 1 heterocycles. The lowest BCUT2D eigenvalue weighted by atomic mass is 10.1. The van der Waals surface area contributed by atoms with Crippen LogP contribution in [0.1, 0.15) is 71.6 Å². The van der Waals surface area contributed by atoms with E-state index in [1.54, 1.807) is 0 Å². The van der Waals surface area contributed by atoms with E-state index in [9.17, 15) is 0 Å². The molecule has 0 spiro atoms. The minimum absolute atomic E-state index is 0.844. The van der Waals surface area contributed by atoms with E-state index in [-0.39, 0.29) is 0 Å². The number of hydrogen-bond donors (Lipinski definition) is 1. The number of rotatable bonds is 7. The molecule has 0 radical (unpaired) electrons. The molecular weight excluding hydrogens is 170 g/mol. The van der Waals surface area contributed by atoms with Crippen LogP contribution in [0.5, 0.6) is 0 Å². The first-order valence-electron chi connectivity index (χ1n) is 6.62. The molecule has 0 saturated carbocycles. The molecule has 1 aliphatic heterocycles. The van der Waals surface area contributed by atoms with Crippen LogP contribution in [0.3, 0.4) is 0 Å². The highest BCUT2D eigenvalue weighted by atomic mass is 15.0. The molecule has 0 bridgehead atoms. The monoisotopic (exact) mass is 197 g/mol. The van der Waals surface area contributed by atoms with Crippen molar-refractivity contribution in [2.45, 2.75) is 83.7 Å². The van der Waals surface area contributed by atoms with Gasteiger partial charge in [-0.2, -0.15) is 0 Å². The standard InChI is InChI=1S/C13H27N/c1-3-5-6-7-9-13-11-10-12(14-13)8-4-2/h12-14H,3-11H2,1-2H3. The van der Waals surface area contributed by atoms with Crippen molar-refractivity contribution in [2.24, 2.45) is 0 Å². The normalized spacial score (nSPS) is 27.0. The van der Waals surface area contributed by atoms with Gasteiger partial charge in [-0.3, -0.25) is 0 Å². The van der Waals surface area contributed by atoms with Gasteiger partial charge in [0.15, 0.2) is 0 Å². The van der Waals surface area contributed by atoms with Crippen LogP contribution >= 0.6 is 0 Å². The minimum atomic E-state index is 0.844. The zero-order valence-electron chi connectivity index (χ0n) is 10.0. The van der Waals surface area contributed by atoms with E-state index in [4.69, 9.17) is 0 Å². The third-order valence-electron chi connectivity index (χ3n) is 3.38. The Morgan fingerprint density at radius 2 is 1.57 bits per heavy atom. The smallest absolute Gasteiger partial charge is 0.00702 e. The van der Waals surface area contributed by atoms with Gasteiger partial charge in [0.2, 0.25) is 0 Å². The first-order valence-corrected chi connectivity index (χ1v) is 6.62. The van der Waals surface area contributed by atoms with Crippen molar-refractivity contribution in [1.82, 2.24) is 5.32 Å². The molecule has 0 aromatic heterocycles. The second kappa shape index (κ2) is 7.28. The third-order valence-corrected chi connectivity index (χ3v) is 3.38. The molecule has 0 amide bonds. The van der Waals surface area contributed by atoms with Crippen LogP contribution in [0.2, 0.25) is 0 Å². The second-order valence-corrected chi connectivity index (χ2v) is 4.78. The summed E-state index contributed by atoms with van der Waals surface area (Å²) in [5.41, 5.74) is 0. The fourth-order valence-corrected chi connectivity index (χ4v) is 2.52. The largest absolute Gasteiger partial charge is 0.311 e. The maximum Gasteiger partial charge on any atom is 0.00702 e. The molecule has 0 aromatic carbocycles. The van der Waals surface area contributed by atoms with E-state index < -0.39 is 0 Å². The van der Waals surface area contributed by atoms with Gasteiger partial charge < -0.3 is 5.32 Å². The van der Waals surface area contributed by atoms with Gasteiger partial charge in [0.25, 0.3) is 0 Å². The van der Waals surface area contributed by atoms with Gasteiger partial charge in [-0.15, -0.1) is 0 Å². The molecule has 1 N–H and O–H groups in total. The number of hydrogen-bond acceptors (Lipinski definition) is 1. The van der Waals surface area contributed by atoms with Gasteiger partial charge in [-0.1, -0.05) is 46.0 Å². The highest BCUT2D eigenvalue weighted by molar-refractivity contribution is 4.82. The summed E-state index contributed by atoms with van der Waals surface area (Å²) >= 11 is 0. The van der Waals surface area contributed by atoms with Gasteiger partial charge in [0.05, 0.1) is 0 Å². The van der Waals surface area contributed by atoms with Crippen LogP contribution in [0.25, 0.3) is 0 Å². The van der Waals surface area contributed by atoms with Gasteiger partial charge >= 0.3 is 0 Å². The fraction of sp³-hybridized carbons (Fsp3) is 1.00. The van der Waals surface area contributed by atoms with Crippen molar-refractivity contribution >= 4 is 0 Å². The van der Waals surface area contributed by atoms with Crippen LogP contribution in [0.4, 0.5) is 0 Å². The Kier molecular flexibility index (Phi) is 6.25. The maximum absolute atomic E-state index is 3.77. The van der Waals surface area contributed by atoms with Gasteiger partial charge in [-0.25, -0.2) is 0 Å². The van der Waals surface area contributed by atoms with Gasteiger partial charge in [0.1, 0.15) is 0 Å². The van der Waals surface area contributed by atoms with E-state index >= 15 is 0 Å². The SMILES string of the molecule is CCCCCCC1CCC(CCC)N1. The van der Waals surface area contributed by atoms with Crippen molar-refractivity contribution in [3.63, 3.8) is 0 Å². The lowest BCUT2D eigenvalue weighted by Crippen LogP contribution is -2.29. The Bertz CT molecular complexity index is 133. The molecular formula is C13H27N. The van der Waals surface area contributed by atoms with Crippen LogP contribution in [-0.4, -0.2) is 12.1 Å². The Labute approximate surface area is 89.7 Å². The highest BCUT2D eigenvalue weighted by Crippen LogP contribution is 2.20. The molecule has 1 fully saturated rings. The summed E-state index contributed by atoms with van der Waals surface area (Å²) in [5, 5.41) is 3.77. The first kappa shape index (κ1) is 12.0. The topological polar surface area (TPSA) is 12.0 Å². The Morgan fingerprint density at radius 3 is 2.21 bits per heavy atom. The average Bonchev–Trinajstić information content (AvgIpc) is 2.61. The quantitative estimate of drug-likeness (QED) is 0.611. The summed E-state index contributed by atoms with van der Waals surface area (Å²) in [7, 11) is 0. The van der Waals surface area contributed by atoms with Crippen LogP contribution in [0.15, 0.2) is 0 Å². The Morgan fingerprint density at radius 1 is 0.857 bits per heavy atom. The van der Waals surface area contributed by atoms with Gasteiger partial charge in [0, 0.05) is 12.1 Å². The summed E-state index contributed by atoms with van der Waals surface area (Å²) in [6.07, 6.45) is 12.6. The van der Waals surface area contributed by atoms with Crippen molar-refractivity contribution in [3.8, 4) is 0 Å². The van der Waals surface area contributed by atoms with E-state index in [0.29, 0.717) is 0 Å². The van der Waals surface area contributed by atoms with E-state index in [2.05, 4.69) is 19.2 Å². The van der Waals surface area contributed by atoms with Crippen molar-refractivity contribution < 1.29 is 0 Å². The maximum atomic E-state index is 3.77. The number of nitrogens with one attached hydrogen (secondary N) is 1. The molecule has 1 rings (SSSR count).